The van der Waals surface area contributed by atoms with Crippen molar-refractivity contribution in [2.24, 2.45) is 26.8 Å². The summed E-state index contributed by atoms with van der Waals surface area (Å²) in [5, 5.41) is 4.49. The number of hydrogen-bond donors (Lipinski definition) is 0. The van der Waals surface area contributed by atoms with Crippen molar-refractivity contribution in [1.82, 2.24) is 4.57 Å². The van der Waals surface area contributed by atoms with Crippen LogP contribution in [0.15, 0.2) is 40.0 Å². The second-order valence-electron chi connectivity index (χ2n) is 12.0. The SMILES string of the molecule is Cc1cc2c(n1-c1ccc(Br)cc1)CC(C)(C)C/C2=N\OC(=O)C12CCC(C)(C(=O)C1)C2(C)C. The van der Waals surface area contributed by atoms with Crippen LogP contribution in [0.3, 0.4) is 0 Å². The fourth-order valence-corrected chi connectivity index (χ4v) is 6.97. The third kappa shape index (κ3) is 3.13. The lowest BCUT2D eigenvalue weighted by Gasteiger charge is -2.37. The van der Waals surface area contributed by atoms with Crippen molar-refractivity contribution in [3.63, 3.8) is 0 Å². The van der Waals surface area contributed by atoms with Gasteiger partial charge in [-0.05, 0) is 73.8 Å². The molecule has 2 aromatic rings. The van der Waals surface area contributed by atoms with Gasteiger partial charge in [-0.15, -0.1) is 0 Å². The van der Waals surface area contributed by atoms with Crippen LogP contribution in [0, 0.1) is 28.6 Å². The Morgan fingerprint density at radius 3 is 2.29 bits per heavy atom. The topological polar surface area (TPSA) is 60.7 Å². The molecule has 1 heterocycles. The number of fused-ring (bicyclic) bond motifs is 3. The van der Waals surface area contributed by atoms with Crippen LogP contribution in [0.4, 0.5) is 0 Å². The lowest BCUT2D eigenvalue weighted by Crippen LogP contribution is -2.41. The van der Waals surface area contributed by atoms with Crippen molar-refractivity contribution < 1.29 is 14.4 Å². The van der Waals surface area contributed by atoms with E-state index in [9.17, 15) is 9.59 Å². The lowest BCUT2D eigenvalue weighted by atomic mass is 9.65. The Morgan fingerprint density at radius 2 is 1.71 bits per heavy atom. The number of ketones is 1. The van der Waals surface area contributed by atoms with Crippen LogP contribution < -0.4 is 0 Å². The summed E-state index contributed by atoms with van der Waals surface area (Å²) in [5.41, 5.74) is 3.56. The molecule has 0 amide bonds. The number of halogens is 1. The molecule has 2 atom stereocenters. The minimum absolute atomic E-state index is 0.0248. The quantitative estimate of drug-likeness (QED) is 0.337. The molecule has 2 saturated carbocycles. The van der Waals surface area contributed by atoms with Crippen LogP contribution in [0.2, 0.25) is 0 Å². The molecule has 34 heavy (non-hydrogen) atoms. The number of nitrogens with zero attached hydrogens (tertiary/aromatic N) is 2. The molecule has 2 fully saturated rings. The van der Waals surface area contributed by atoms with Crippen molar-refractivity contribution in [1.29, 1.82) is 0 Å². The van der Waals surface area contributed by atoms with E-state index in [0.29, 0.717) is 6.42 Å². The number of aromatic nitrogens is 1. The number of hydrogen-bond acceptors (Lipinski definition) is 4. The molecule has 3 aliphatic rings. The fraction of sp³-hybridized carbons (Fsp3) is 0.536. The van der Waals surface area contributed by atoms with Gasteiger partial charge in [-0.1, -0.05) is 55.7 Å². The molecular formula is C28H33BrN2O3. The first-order valence-electron chi connectivity index (χ1n) is 12.1. The number of benzene rings is 1. The maximum atomic E-state index is 13.5. The Bertz CT molecular complexity index is 1240. The van der Waals surface area contributed by atoms with E-state index in [1.807, 2.05) is 32.9 Å². The van der Waals surface area contributed by atoms with Crippen LogP contribution in [0.5, 0.6) is 0 Å². The molecule has 1 aromatic heterocycles. The summed E-state index contributed by atoms with van der Waals surface area (Å²) in [6.45, 7) is 12.6. The third-order valence-corrected chi connectivity index (χ3v) is 9.84. The number of oxime groups is 1. The minimum Gasteiger partial charge on any atom is -0.318 e. The molecule has 0 spiro atoms. The van der Waals surface area contributed by atoms with E-state index in [4.69, 9.17) is 4.84 Å². The number of carbonyl (C=O) groups excluding carboxylic acids is 2. The molecule has 180 valence electrons. The normalized spacial score (nSPS) is 30.0. The predicted octanol–water partition coefficient (Wildman–Crippen LogP) is 6.55. The Labute approximate surface area is 210 Å². The van der Waals surface area contributed by atoms with E-state index in [1.165, 1.54) is 5.69 Å². The number of aryl methyl sites for hydroxylation is 1. The Balaban J connectivity index is 1.51. The number of Topliss-reactive ketones (excluding diaryl/α,β-unsaturated/α-hetero) is 1. The standard InChI is InChI=1S/C28H33BrN2O3/c1-17-13-20-21(14-25(2,3)15-22(20)31(17)19-9-7-18(29)8-10-19)30-34-24(33)28-12-11-27(6,23(32)16-28)26(28,4)5/h7-10,13H,11-12,14-16H2,1-6H3/b30-21+. The highest BCUT2D eigenvalue weighted by molar-refractivity contribution is 9.10. The van der Waals surface area contributed by atoms with Gasteiger partial charge >= 0.3 is 5.97 Å². The molecule has 0 radical (unpaired) electrons. The van der Waals surface area contributed by atoms with Gasteiger partial charge in [-0.3, -0.25) is 4.79 Å². The van der Waals surface area contributed by atoms with Crippen LogP contribution >= 0.6 is 15.9 Å². The summed E-state index contributed by atoms with van der Waals surface area (Å²) in [6, 6.07) is 10.4. The van der Waals surface area contributed by atoms with Gasteiger partial charge in [-0.25, -0.2) is 4.79 Å². The van der Waals surface area contributed by atoms with E-state index in [-0.39, 0.29) is 23.6 Å². The summed E-state index contributed by atoms with van der Waals surface area (Å²) in [5.74, 6) is -0.176. The van der Waals surface area contributed by atoms with E-state index in [2.05, 4.69) is 64.6 Å². The summed E-state index contributed by atoms with van der Waals surface area (Å²) in [6.07, 6.45) is 3.31. The van der Waals surface area contributed by atoms with Crippen molar-refractivity contribution in [3.8, 4) is 5.69 Å². The highest BCUT2D eigenvalue weighted by Gasteiger charge is 2.73. The van der Waals surface area contributed by atoms with E-state index < -0.39 is 16.2 Å². The van der Waals surface area contributed by atoms with E-state index >= 15 is 0 Å². The average molecular weight is 525 g/mol. The van der Waals surface area contributed by atoms with Gasteiger partial charge in [0, 0.05) is 38.9 Å². The van der Waals surface area contributed by atoms with Crippen LogP contribution in [0.1, 0.15) is 77.3 Å². The zero-order valence-corrected chi connectivity index (χ0v) is 22.5. The molecule has 5 rings (SSSR count). The van der Waals surface area contributed by atoms with Crippen molar-refractivity contribution >= 4 is 33.4 Å². The summed E-state index contributed by atoms with van der Waals surface area (Å²) in [4.78, 5) is 32.0. The number of rotatable bonds is 3. The first-order valence-corrected chi connectivity index (χ1v) is 12.9. The maximum absolute atomic E-state index is 13.5. The van der Waals surface area contributed by atoms with E-state index in [0.717, 1.165) is 46.4 Å². The van der Waals surface area contributed by atoms with E-state index in [1.54, 1.807) is 0 Å². The Hall–Kier alpha value is -2.21. The van der Waals surface area contributed by atoms with Gasteiger partial charge in [0.1, 0.15) is 5.78 Å². The molecule has 0 N–H and O–H groups in total. The average Bonchev–Trinajstić information content (AvgIpc) is 3.24. The molecule has 2 bridgehead atoms. The largest absolute Gasteiger partial charge is 0.342 e. The Morgan fingerprint density at radius 1 is 1.03 bits per heavy atom. The molecule has 5 nitrogen and oxygen atoms in total. The molecule has 1 aromatic carbocycles. The monoisotopic (exact) mass is 524 g/mol. The summed E-state index contributed by atoms with van der Waals surface area (Å²) < 4.78 is 3.32. The smallest absolute Gasteiger partial charge is 0.318 e. The molecule has 0 saturated heterocycles. The predicted molar refractivity (Wildman–Crippen MR) is 136 cm³/mol. The zero-order chi connectivity index (χ0) is 24.7. The highest BCUT2D eigenvalue weighted by atomic mass is 79.9. The molecule has 3 aliphatic carbocycles. The zero-order valence-electron chi connectivity index (χ0n) is 20.9. The first-order chi connectivity index (χ1) is 15.8. The van der Waals surface area contributed by atoms with Crippen LogP contribution in [-0.4, -0.2) is 22.0 Å². The summed E-state index contributed by atoms with van der Waals surface area (Å²) >= 11 is 3.52. The van der Waals surface area contributed by atoms with Crippen molar-refractivity contribution in [2.75, 3.05) is 0 Å². The second-order valence-corrected chi connectivity index (χ2v) is 12.9. The van der Waals surface area contributed by atoms with Gasteiger partial charge in [0.15, 0.2) is 0 Å². The first kappa shape index (κ1) is 23.5. The lowest BCUT2D eigenvalue weighted by molar-refractivity contribution is -0.161. The Kier molecular flexibility index (Phi) is 5.12. The van der Waals surface area contributed by atoms with Crippen molar-refractivity contribution in [2.45, 2.75) is 73.6 Å². The summed E-state index contributed by atoms with van der Waals surface area (Å²) in [7, 11) is 0. The van der Waals surface area contributed by atoms with Crippen LogP contribution in [0.25, 0.3) is 5.69 Å². The third-order valence-electron chi connectivity index (χ3n) is 9.31. The van der Waals surface area contributed by atoms with Gasteiger partial charge in [0.05, 0.1) is 11.1 Å². The van der Waals surface area contributed by atoms with Gasteiger partial charge in [0.25, 0.3) is 0 Å². The minimum atomic E-state index is -0.783. The highest BCUT2D eigenvalue weighted by Crippen LogP contribution is 2.70. The molecule has 0 aliphatic heterocycles. The van der Waals surface area contributed by atoms with Gasteiger partial charge < -0.3 is 9.40 Å². The number of carbonyl (C=O) groups is 2. The molecule has 2 unspecified atom stereocenters. The van der Waals surface area contributed by atoms with Gasteiger partial charge in [0.2, 0.25) is 0 Å². The molecular weight excluding hydrogens is 492 g/mol. The van der Waals surface area contributed by atoms with Crippen molar-refractivity contribution in [3.05, 3.63) is 51.8 Å². The molecule has 6 heteroatoms. The van der Waals surface area contributed by atoms with Crippen LogP contribution in [-0.2, 0) is 20.8 Å². The fourth-order valence-electron chi connectivity index (χ4n) is 6.71. The van der Waals surface area contributed by atoms with Gasteiger partial charge in [-0.2, -0.15) is 0 Å². The second kappa shape index (κ2) is 7.39. The maximum Gasteiger partial charge on any atom is 0.342 e.